The minimum atomic E-state index is -1.14. The van der Waals surface area contributed by atoms with E-state index in [2.05, 4.69) is 0 Å². The highest BCUT2D eigenvalue weighted by Gasteiger charge is 2.29. The van der Waals surface area contributed by atoms with Crippen LogP contribution in [0.15, 0.2) is 18.2 Å². The van der Waals surface area contributed by atoms with Crippen LogP contribution in [0, 0.1) is 5.92 Å². The first kappa shape index (κ1) is 24.2. The zero-order valence-electron chi connectivity index (χ0n) is 17.0. The Kier molecular flexibility index (Phi) is 11.2. The second-order valence-corrected chi connectivity index (χ2v) is 5.91. The number of carbonyl (C=O) groups excluding carboxylic acids is 3. The Balaban J connectivity index is 2.73. The largest absolute Gasteiger partial charge is 0.508 e. The van der Waals surface area contributed by atoms with Gasteiger partial charge in [-0.25, -0.2) is 0 Å². The van der Waals surface area contributed by atoms with Crippen LogP contribution in [0.3, 0.4) is 0 Å². The molecular weight excluding hydrogens is 384 g/mol. The first-order valence-corrected chi connectivity index (χ1v) is 9.34. The molecule has 1 N–H and O–H groups in total. The summed E-state index contributed by atoms with van der Waals surface area (Å²) in [6.07, 6.45) is -0.127. The number of benzene rings is 1. The number of ketones is 1. The van der Waals surface area contributed by atoms with Crippen molar-refractivity contribution in [3.8, 4) is 17.2 Å². The highest BCUT2D eigenvalue weighted by molar-refractivity contribution is 6.00. The quantitative estimate of drug-likeness (QED) is 0.278. The maximum atomic E-state index is 12.5. The first-order chi connectivity index (χ1) is 13.9. The molecule has 0 aliphatic rings. The third-order valence-electron chi connectivity index (χ3n) is 3.70. The number of rotatable bonds is 14. The molecule has 0 spiro atoms. The Morgan fingerprint density at radius 2 is 1.62 bits per heavy atom. The highest BCUT2D eigenvalue weighted by atomic mass is 16.5. The first-order valence-electron chi connectivity index (χ1n) is 9.34. The summed E-state index contributed by atoms with van der Waals surface area (Å²) in [4.78, 5) is 36.1. The molecule has 0 aliphatic heterocycles. The molecule has 0 fully saturated rings. The van der Waals surface area contributed by atoms with Gasteiger partial charge in [-0.05, 0) is 20.3 Å². The van der Waals surface area contributed by atoms with E-state index < -0.39 is 30.2 Å². The molecular formula is C20H28O9. The van der Waals surface area contributed by atoms with Crippen molar-refractivity contribution in [3.63, 3.8) is 0 Å². The van der Waals surface area contributed by atoms with E-state index in [1.54, 1.807) is 13.8 Å². The number of hydrogen-bond acceptors (Lipinski definition) is 9. The van der Waals surface area contributed by atoms with Gasteiger partial charge in [0.15, 0.2) is 5.78 Å². The summed E-state index contributed by atoms with van der Waals surface area (Å²) in [6, 6.07) is 4.21. The van der Waals surface area contributed by atoms with Crippen LogP contribution in [0.5, 0.6) is 17.2 Å². The van der Waals surface area contributed by atoms with E-state index in [0.29, 0.717) is 12.4 Å². The predicted octanol–water partition coefficient (Wildman–Crippen LogP) is 1.89. The summed E-state index contributed by atoms with van der Waals surface area (Å²) in [5.74, 6) is -2.47. The van der Waals surface area contributed by atoms with Crippen molar-refractivity contribution in [3.05, 3.63) is 18.2 Å². The topological polar surface area (TPSA) is 118 Å². The van der Waals surface area contributed by atoms with E-state index in [4.69, 9.17) is 23.7 Å². The van der Waals surface area contributed by atoms with E-state index >= 15 is 0 Å². The number of hydrogen-bond donors (Lipinski definition) is 1. The van der Waals surface area contributed by atoms with Crippen LogP contribution in [0.25, 0.3) is 0 Å². The maximum Gasteiger partial charge on any atom is 0.316 e. The van der Waals surface area contributed by atoms with Crippen molar-refractivity contribution < 1.29 is 43.2 Å². The smallest absolute Gasteiger partial charge is 0.316 e. The number of methoxy groups -OCH3 is 1. The normalized spacial score (nSPS) is 11.4. The van der Waals surface area contributed by atoms with Crippen molar-refractivity contribution in [2.75, 3.05) is 40.1 Å². The molecule has 0 heterocycles. The van der Waals surface area contributed by atoms with Crippen LogP contribution in [0.2, 0.25) is 0 Å². The van der Waals surface area contributed by atoms with Gasteiger partial charge in [0.2, 0.25) is 0 Å². The van der Waals surface area contributed by atoms with Gasteiger partial charge in [-0.15, -0.1) is 0 Å². The number of aromatic hydroxyl groups is 1. The summed E-state index contributed by atoms with van der Waals surface area (Å²) in [5.41, 5.74) is 0. The van der Waals surface area contributed by atoms with Crippen molar-refractivity contribution >= 4 is 17.7 Å². The van der Waals surface area contributed by atoms with Crippen LogP contribution in [0.4, 0.5) is 0 Å². The Morgan fingerprint density at radius 1 is 0.966 bits per heavy atom. The molecule has 1 atom stereocenters. The number of esters is 2. The molecule has 0 aliphatic carbocycles. The van der Waals surface area contributed by atoms with E-state index in [1.807, 2.05) is 0 Å². The number of Topliss-reactive ketones (excluding diaryl/α,β-unsaturated/α-hetero) is 1. The van der Waals surface area contributed by atoms with E-state index in [9.17, 15) is 19.5 Å². The van der Waals surface area contributed by atoms with Gasteiger partial charge in [0.25, 0.3) is 0 Å². The van der Waals surface area contributed by atoms with E-state index in [0.717, 1.165) is 0 Å². The maximum absolute atomic E-state index is 12.5. The van der Waals surface area contributed by atoms with Gasteiger partial charge < -0.3 is 28.8 Å². The van der Waals surface area contributed by atoms with Gasteiger partial charge in [0.05, 0.1) is 19.8 Å². The zero-order valence-corrected chi connectivity index (χ0v) is 17.0. The summed E-state index contributed by atoms with van der Waals surface area (Å²) < 4.78 is 25.5. The summed E-state index contributed by atoms with van der Waals surface area (Å²) in [7, 11) is 1.54. The number of phenolic OH excluding ortho intramolecular Hbond substituents is 1. The Labute approximate surface area is 169 Å². The van der Waals surface area contributed by atoms with Gasteiger partial charge in [-0.2, -0.15) is 0 Å². The molecule has 162 valence electrons. The van der Waals surface area contributed by atoms with E-state index in [1.165, 1.54) is 25.3 Å². The monoisotopic (exact) mass is 412 g/mol. The molecule has 0 radical (unpaired) electrons. The van der Waals surface area contributed by atoms with Crippen molar-refractivity contribution in [2.24, 2.45) is 5.92 Å². The Bertz CT molecular complexity index is 672. The summed E-state index contributed by atoms with van der Waals surface area (Å²) in [6.45, 7) is 3.82. The SMILES string of the molecule is CCOC(=O)CCC(C(=O)COc1cc(O)cc(OCCOC)c1)C(=O)OCC. The van der Waals surface area contributed by atoms with Crippen LogP contribution < -0.4 is 9.47 Å². The Morgan fingerprint density at radius 3 is 2.24 bits per heavy atom. The van der Waals surface area contributed by atoms with Gasteiger partial charge in [-0.3, -0.25) is 14.4 Å². The highest BCUT2D eigenvalue weighted by Crippen LogP contribution is 2.27. The van der Waals surface area contributed by atoms with Crippen molar-refractivity contribution in [2.45, 2.75) is 26.7 Å². The van der Waals surface area contributed by atoms with Gasteiger partial charge >= 0.3 is 11.9 Å². The average molecular weight is 412 g/mol. The number of phenols is 1. The molecule has 9 nitrogen and oxygen atoms in total. The molecule has 1 aromatic carbocycles. The number of ether oxygens (including phenoxy) is 5. The lowest BCUT2D eigenvalue weighted by atomic mass is 9.98. The molecule has 0 saturated carbocycles. The van der Waals surface area contributed by atoms with Gasteiger partial charge in [0, 0.05) is 31.7 Å². The third-order valence-corrected chi connectivity index (χ3v) is 3.70. The molecule has 1 aromatic rings. The molecule has 1 rings (SSSR count). The third kappa shape index (κ3) is 9.29. The fourth-order valence-corrected chi connectivity index (χ4v) is 2.37. The fraction of sp³-hybridized carbons (Fsp3) is 0.550. The van der Waals surface area contributed by atoms with Crippen LogP contribution in [-0.2, 0) is 28.6 Å². The van der Waals surface area contributed by atoms with Crippen molar-refractivity contribution in [1.29, 1.82) is 0 Å². The lowest BCUT2D eigenvalue weighted by Gasteiger charge is -2.15. The molecule has 0 bridgehead atoms. The second-order valence-electron chi connectivity index (χ2n) is 5.91. The van der Waals surface area contributed by atoms with E-state index in [-0.39, 0.29) is 44.2 Å². The minimum absolute atomic E-state index is 0.0364. The van der Waals surface area contributed by atoms with Gasteiger partial charge in [0.1, 0.15) is 36.4 Å². The molecule has 29 heavy (non-hydrogen) atoms. The Hall–Kier alpha value is -2.81. The molecule has 0 amide bonds. The van der Waals surface area contributed by atoms with Crippen molar-refractivity contribution in [1.82, 2.24) is 0 Å². The fourth-order valence-electron chi connectivity index (χ4n) is 2.37. The minimum Gasteiger partial charge on any atom is -0.508 e. The zero-order chi connectivity index (χ0) is 21.6. The average Bonchev–Trinajstić information content (AvgIpc) is 2.67. The standard InChI is InChI=1S/C20H28O9/c1-4-26-19(23)7-6-17(20(24)27-5-2)18(22)13-29-16-11-14(21)10-15(12-16)28-9-8-25-3/h10-12,17,21H,4-9,13H2,1-3H3. The lowest BCUT2D eigenvalue weighted by Crippen LogP contribution is -2.31. The second kappa shape index (κ2) is 13.4. The molecule has 9 heteroatoms. The van der Waals surface area contributed by atoms with Crippen LogP contribution in [0.1, 0.15) is 26.7 Å². The molecule has 0 saturated heterocycles. The van der Waals surface area contributed by atoms with Gasteiger partial charge in [-0.1, -0.05) is 0 Å². The number of carbonyl (C=O) groups is 3. The molecule has 0 aromatic heterocycles. The van der Waals surface area contributed by atoms with Crippen LogP contribution >= 0.6 is 0 Å². The summed E-state index contributed by atoms with van der Waals surface area (Å²) >= 11 is 0. The predicted molar refractivity (Wildman–Crippen MR) is 102 cm³/mol. The lowest BCUT2D eigenvalue weighted by molar-refractivity contribution is -0.153. The van der Waals surface area contributed by atoms with Crippen LogP contribution in [-0.4, -0.2) is 63.0 Å². The molecule has 1 unspecified atom stereocenters. The summed E-state index contributed by atoms with van der Waals surface area (Å²) in [5, 5.41) is 9.78.